The van der Waals surface area contributed by atoms with E-state index in [1.165, 1.54) is 0 Å². The number of rotatable bonds is 3. The van der Waals surface area contributed by atoms with E-state index in [-0.39, 0.29) is 21.2 Å². The van der Waals surface area contributed by atoms with Crippen LogP contribution in [0, 0.1) is 5.21 Å². The van der Waals surface area contributed by atoms with Gasteiger partial charge in [-0.15, -0.1) is 0 Å². The second-order valence-corrected chi connectivity index (χ2v) is 3.39. The van der Waals surface area contributed by atoms with Crippen LogP contribution in [0.15, 0.2) is 0 Å². The molecule has 0 radical (unpaired) electrons. The van der Waals surface area contributed by atoms with Gasteiger partial charge in [0.25, 0.3) is 0 Å². The first kappa shape index (κ1) is 7.65. The molecule has 0 aromatic carbocycles. The molecule has 0 spiro atoms. The molecule has 0 saturated carbocycles. The van der Waals surface area contributed by atoms with Crippen LogP contribution in [0.3, 0.4) is 0 Å². The fraction of sp³-hybridized carbons (Fsp3) is 1.00. The number of alkyl halides is 2. The Hall–Kier alpha value is 0.650. The molecular weight excluding hydrogens is 205 g/mol. The van der Waals surface area contributed by atoms with Gasteiger partial charge in [-0.25, -0.2) is 0 Å². The molecule has 46 valence electrons. The van der Waals surface area contributed by atoms with Gasteiger partial charge in [-0.2, -0.15) is 0 Å². The standard InChI is InChI=1S/C4H10INO/c1-3-6(7)4-5-2/h3-4H2,1-2H3/q-2. The summed E-state index contributed by atoms with van der Waals surface area (Å²) >= 11 is 0.174. The number of hydrogen-bond acceptors (Lipinski definition) is 2. The Morgan fingerprint density at radius 3 is 2.43 bits per heavy atom. The average molecular weight is 215 g/mol. The molecule has 0 aliphatic rings. The molecule has 0 atom stereocenters. The van der Waals surface area contributed by atoms with E-state index in [9.17, 15) is 5.21 Å². The first-order chi connectivity index (χ1) is 3.31. The maximum absolute atomic E-state index is 10.4. The van der Waals surface area contributed by atoms with E-state index in [2.05, 4.69) is 4.93 Å². The first-order valence-corrected chi connectivity index (χ1v) is 5.85. The Morgan fingerprint density at radius 2 is 2.29 bits per heavy atom. The Labute approximate surface area is 54.7 Å². The number of hydroxylamine groups is 2. The molecule has 0 unspecified atom stereocenters. The van der Waals surface area contributed by atoms with E-state index in [0.717, 1.165) is 9.61 Å². The van der Waals surface area contributed by atoms with Crippen LogP contribution in [0.2, 0.25) is 0 Å². The van der Waals surface area contributed by atoms with E-state index in [0.29, 0.717) is 6.54 Å². The molecule has 0 aliphatic carbocycles. The summed E-state index contributed by atoms with van der Waals surface area (Å²) in [5.74, 6) is 0. The number of halogens is 1. The van der Waals surface area contributed by atoms with Crippen LogP contribution < -0.4 is 21.2 Å². The predicted molar refractivity (Wildman–Crippen MR) is 26.5 cm³/mol. The summed E-state index contributed by atoms with van der Waals surface area (Å²) in [5.41, 5.74) is 0. The van der Waals surface area contributed by atoms with Gasteiger partial charge in [-0.05, 0) is 0 Å². The molecule has 7 heavy (non-hydrogen) atoms. The molecule has 0 aromatic heterocycles. The second kappa shape index (κ2) is 4.80. The monoisotopic (exact) mass is 215 g/mol. The average Bonchev–Trinajstić information content (AvgIpc) is 1.68. The van der Waals surface area contributed by atoms with Crippen LogP contribution in [0.25, 0.3) is 0 Å². The fourth-order valence-electron chi connectivity index (χ4n) is 0.218. The van der Waals surface area contributed by atoms with Gasteiger partial charge in [0.15, 0.2) is 0 Å². The summed E-state index contributed by atoms with van der Waals surface area (Å²) in [4.78, 5) is 2.11. The molecule has 0 aromatic rings. The van der Waals surface area contributed by atoms with Gasteiger partial charge in [0.1, 0.15) is 0 Å². The van der Waals surface area contributed by atoms with E-state index < -0.39 is 0 Å². The van der Waals surface area contributed by atoms with Gasteiger partial charge in [-0.1, -0.05) is 0 Å². The van der Waals surface area contributed by atoms with Gasteiger partial charge in [0.05, 0.1) is 0 Å². The molecule has 3 heteroatoms. The van der Waals surface area contributed by atoms with Crippen molar-refractivity contribution < 1.29 is 21.2 Å². The first-order valence-electron chi connectivity index (χ1n) is 2.17. The Balaban J connectivity index is 2.83. The van der Waals surface area contributed by atoms with Crippen molar-refractivity contribution in [3.8, 4) is 0 Å². The summed E-state index contributed by atoms with van der Waals surface area (Å²) in [6.45, 7) is 2.53. The third-order valence-corrected chi connectivity index (χ3v) is 2.05. The summed E-state index contributed by atoms with van der Waals surface area (Å²) in [6, 6.07) is 0. The zero-order valence-electron chi connectivity index (χ0n) is 4.65. The van der Waals surface area contributed by atoms with Crippen molar-refractivity contribution >= 4 is 0 Å². The van der Waals surface area contributed by atoms with Gasteiger partial charge >= 0.3 is 54.4 Å². The third-order valence-electron chi connectivity index (χ3n) is 0.606. The summed E-state index contributed by atoms with van der Waals surface area (Å²) < 4.78 is 0.787. The molecule has 0 N–H and O–H groups in total. The molecule has 2 nitrogen and oxygen atoms in total. The Morgan fingerprint density at radius 1 is 1.71 bits per heavy atom. The Bertz CT molecular complexity index is 42.7. The van der Waals surface area contributed by atoms with Crippen LogP contribution in [0.4, 0.5) is 0 Å². The van der Waals surface area contributed by atoms with E-state index >= 15 is 0 Å². The molecule has 0 saturated heterocycles. The van der Waals surface area contributed by atoms with Gasteiger partial charge < -0.3 is 0 Å². The molecular formula is C4H10INO-2. The van der Waals surface area contributed by atoms with Gasteiger partial charge in [0.2, 0.25) is 0 Å². The zero-order valence-corrected chi connectivity index (χ0v) is 6.81. The third kappa shape index (κ3) is 4.50. The van der Waals surface area contributed by atoms with Gasteiger partial charge in [-0.3, -0.25) is 0 Å². The fourth-order valence-corrected chi connectivity index (χ4v) is 1.46. The van der Waals surface area contributed by atoms with E-state index in [1.54, 1.807) is 0 Å². The van der Waals surface area contributed by atoms with Crippen molar-refractivity contribution in [1.29, 1.82) is 0 Å². The van der Waals surface area contributed by atoms with Crippen molar-refractivity contribution in [3.05, 3.63) is 5.21 Å². The molecule has 0 fully saturated rings. The predicted octanol–water partition coefficient (Wildman–Crippen LogP) is -2.52. The minimum absolute atomic E-state index is 0.174. The van der Waals surface area contributed by atoms with Crippen molar-refractivity contribution in [2.75, 3.05) is 16.0 Å². The van der Waals surface area contributed by atoms with Gasteiger partial charge in [0, 0.05) is 0 Å². The molecule has 0 amide bonds. The van der Waals surface area contributed by atoms with Crippen molar-refractivity contribution in [2.45, 2.75) is 6.92 Å². The maximum atomic E-state index is 10.4. The molecule has 0 aliphatic heterocycles. The van der Waals surface area contributed by atoms with E-state index in [4.69, 9.17) is 0 Å². The summed E-state index contributed by atoms with van der Waals surface area (Å²) in [5, 5.41) is 11.5. The molecule has 0 heterocycles. The summed E-state index contributed by atoms with van der Waals surface area (Å²) in [7, 11) is 0. The van der Waals surface area contributed by atoms with E-state index in [1.807, 2.05) is 6.92 Å². The quantitative estimate of drug-likeness (QED) is 0.225. The van der Waals surface area contributed by atoms with Crippen molar-refractivity contribution in [2.24, 2.45) is 0 Å². The number of nitrogens with zero attached hydrogens (tertiary/aromatic N) is 1. The summed E-state index contributed by atoms with van der Waals surface area (Å²) in [6.07, 6.45) is 0. The van der Waals surface area contributed by atoms with Crippen LogP contribution in [0.1, 0.15) is 6.92 Å². The van der Waals surface area contributed by atoms with Crippen LogP contribution in [0.5, 0.6) is 0 Å². The Kier molecular flexibility index (Phi) is 5.25. The van der Waals surface area contributed by atoms with Crippen molar-refractivity contribution in [3.63, 3.8) is 0 Å². The molecule has 0 bridgehead atoms. The van der Waals surface area contributed by atoms with Crippen LogP contribution in [-0.4, -0.2) is 21.1 Å². The minimum atomic E-state index is 0.174. The number of hydrogen-bond donors (Lipinski definition) is 0. The topological polar surface area (TPSA) is 26.3 Å². The van der Waals surface area contributed by atoms with Crippen molar-refractivity contribution in [1.82, 2.24) is 5.06 Å². The van der Waals surface area contributed by atoms with Crippen LogP contribution >= 0.6 is 0 Å². The SMILES string of the molecule is CCN([O-])C[I-]C. The zero-order chi connectivity index (χ0) is 5.70. The van der Waals surface area contributed by atoms with Crippen LogP contribution in [-0.2, 0) is 0 Å². The second-order valence-electron chi connectivity index (χ2n) is 1.18. The normalized spacial score (nSPS) is 10.9. The molecule has 0 rings (SSSR count).